The second kappa shape index (κ2) is 11.9. The standard InChI is InChI=1S/C18H32N4O/c1-5-23-13-9-8-12-20-18(19-2)21-14-16-10-6-7-11-17(16)15-22(3)4/h6-7,10-11H,5,8-9,12-15H2,1-4H3,(H2,19,20,21). The largest absolute Gasteiger partial charge is 0.382 e. The van der Waals surface area contributed by atoms with Crippen LogP contribution in [0.1, 0.15) is 30.9 Å². The van der Waals surface area contributed by atoms with Gasteiger partial charge in [-0.25, -0.2) is 0 Å². The molecule has 0 saturated carbocycles. The Balaban J connectivity index is 2.37. The van der Waals surface area contributed by atoms with Crippen molar-refractivity contribution < 1.29 is 4.74 Å². The van der Waals surface area contributed by atoms with Crippen LogP contribution in [-0.4, -0.2) is 51.8 Å². The molecule has 0 spiro atoms. The van der Waals surface area contributed by atoms with Gasteiger partial charge in [-0.1, -0.05) is 24.3 Å². The Bertz CT molecular complexity index is 460. The van der Waals surface area contributed by atoms with Crippen LogP contribution in [0.3, 0.4) is 0 Å². The molecule has 1 aromatic rings. The number of unbranched alkanes of at least 4 members (excludes halogenated alkanes) is 1. The third-order valence-electron chi connectivity index (χ3n) is 3.49. The van der Waals surface area contributed by atoms with E-state index in [1.54, 1.807) is 7.05 Å². The highest BCUT2D eigenvalue weighted by atomic mass is 16.5. The number of nitrogens with one attached hydrogen (secondary N) is 2. The maximum Gasteiger partial charge on any atom is 0.191 e. The summed E-state index contributed by atoms with van der Waals surface area (Å²) in [5, 5.41) is 6.74. The van der Waals surface area contributed by atoms with E-state index in [0.29, 0.717) is 0 Å². The zero-order valence-electron chi connectivity index (χ0n) is 15.1. The van der Waals surface area contributed by atoms with Crippen molar-refractivity contribution >= 4 is 5.96 Å². The Morgan fingerprint density at radius 3 is 2.52 bits per heavy atom. The average molecular weight is 320 g/mol. The normalized spacial score (nSPS) is 11.8. The summed E-state index contributed by atoms with van der Waals surface area (Å²) >= 11 is 0. The van der Waals surface area contributed by atoms with Crippen LogP contribution in [0.5, 0.6) is 0 Å². The lowest BCUT2D eigenvalue weighted by molar-refractivity contribution is 0.143. The summed E-state index contributed by atoms with van der Waals surface area (Å²) in [6, 6.07) is 8.52. The van der Waals surface area contributed by atoms with Gasteiger partial charge in [0.05, 0.1) is 0 Å². The van der Waals surface area contributed by atoms with Gasteiger partial charge in [-0.3, -0.25) is 4.99 Å². The highest BCUT2D eigenvalue weighted by Gasteiger charge is 2.04. The summed E-state index contributed by atoms with van der Waals surface area (Å²) < 4.78 is 5.34. The molecule has 0 saturated heterocycles. The fourth-order valence-electron chi connectivity index (χ4n) is 2.30. The smallest absolute Gasteiger partial charge is 0.191 e. The Labute approximate surface area is 141 Å². The van der Waals surface area contributed by atoms with Crippen molar-refractivity contribution in [2.75, 3.05) is 40.9 Å². The lowest BCUT2D eigenvalue weighted by Gasteiger charge is -2.16. The van der Waals surface area contributed by atoms with Crippen LogP contribution in [0.4, 0.5) is 0 Å². The molecule has 0 aromatic heterocycles. The van der Waals surface area contributed by atoms with E-state index in [0.717, 1.165) is 51.6 Å². The molecule has 5 heteroatoms. The molecule has 0 aliphatic rings. The molecule has 5 nitrogen and oxygen atoms in total. The first-order valence-corrected chi connectivity index (χ1v) is 8.41. The van der Waals surface area contributed by atoms with Crippen LogP contribution in [0.2, 0.25) is 0 Å². The fraction of sp³-hybridized carbons (Fsp3) is 0.611. The topological polar surface area (TPSA) is 48.9 Å². The zero-order chi connectivity index (χ0) is 16.9. The SMILES string of the molecule is CCOCCCCNC(=NC)NCc1ccccc1CN(C)C. The van der Waals surface area contributed by atoms with Crippen molar-refractivity contribution in [3.05, 3.63) is 35.4 Å². The molecule has 0 radical (unpaired) electrons. The minimum Gasteiger partial charge on any atom is -0.382 e. The monoisotopic (exact) mass is 320 g/mol. The van der Waals surface area contributed by atoms with Gasteiger partial charge in [0.2, 0.25) is 0 Å². The number of hydrogen-bond donors (Lipinski definition) is 2. The van der Waals surface area contributed by atoms with Crippen molar-refractivity contribution in [1.82, 2.24) is 15.5 Å². The second-order valence-electron chi connectivity index (χ2n) is 5.76. The molecular weight excluding hydrogens is 288 g/mol. The van der Waals surface area contributed by atoms with E-state index in [2.05, 4.69) is 58.9 Å². The molecule has 2 N–H and O–H groups in total. The number of benzene rings is 1. The van der Waals surface area contributed by atoms with E-state index in [1.807, 2.05) is 6.92 Å². The number of rotatable bonds is 10. The molecule has 0 heterocycles. The van der Waals surface area contributed by atoms with Crippen LogP contribution < -0.4 is 10.6 Å². The van der Waals surface area contributed by atoms with Crippen molar-refractivity contribution in [3.63, 3.8) is 0 Å². The van der Waals surface area contributed by atoms with E-state index in [1.165, 1.54) is 11.1 Å². The number of ether oxygens (including phenoxy) is 1. The zero-order valence-corrected chi connectivity index (χ0v) is 15.1. The maximum atomic E-state index is 5.34. The quantitative estimate of drug-likeness (QED) is 0.394. The van der Waals surface area contributed by atoms with Gasteiger partial charge >= 0.3 is 0 Å². The first-order chi connectivity index (χ1) is 11.2. The van der Waals surface area contributed by atoms with E-state index >= 15 is 0 Å². The molecule has 130 valence electrons. The van der Waals surface area contributed by atoms with Gasteiger partial charge in [0.1, 0.15) is 0 Å². The van der Waals surface area contributed by atoms with Crippen LogP contribution in [0.15, 0.2) is 29.3 Å². The second-order valence-corrected chi connectivity index (χ2v) is 5.76. The Kier molecular flexibility index (Phi) is 10.1. The van der Waals surface area contributed by atoms with Crippen molar-refractivity contribution in [2.24, 2.45) is 4.99 Å². The summed E-state index contributed by atoms with van der Waals surface area (Å²) in [5.41, 5.74) is 2.65. The van der Waals surface area contributed by atoms with Crippen LogP contribution >= 0.6 is 0 Å². The summed E-state index contributed by atoms with van der Waals surface area (Å²) in [7, 11) is 5.99. The molecular formula is C18H32N4O. The molecule has 0 fully saturated rings. The first-order valence-electron chi connectivity index (χ1n) is 8.41. The van der Waals surface area contributed by atoms with Gasteiger partial charge in [-0.15, -0.1) is 0 Å². The first kappa shape index (κ1) is 19.5. The predicted octanol–water partition coefficient (Wildman–Crippen LogP) is 2.23. The third-order valence-corrected chi connectivity index (χ3v) is 3.49. The van der Waals surface area contributed by atoms with Crippen LogP contribution in [0.25, 0.3) is 0 Å². The third kappa shape index (κ3) is 8.57. The van der Waals surface area contributed by atoms with Crippen molar-refractivity contribution in [3.8, 4) is 0 Å². The lowest BCUT2D eigenvalue weighted by Crippen LogP contribution is -2.37. The lowest BCUT2D eigenvalue weighted by atomic mass is 10.1. The van der Waals surface area contributed by atoms with Crippen molar-refractivity contribution in [1.29, 1.82) is 0 Å². The Hall–Kier alpha value is -1.59. The van der Waals surface area contributed by atoms with E-state index in [4.69, 9.17) is 4.74 Å². The summed E-state index contributed by atoms with van der Waals surface area (Å²) in [6.45, 7) is 6.29. The molecule has 0 amide bonds. The van der Waals surface area contributed by atoms with Gasteiger partial charge in [0.25, 0.3) is 0 Å². The Morgan fingerprint density at radius 1 is 1.13 bits per heavy atom. The summed E-state index contributed by atoms with van der Waals surface area (Å²) in [6.07, 6.45) is 2.15. The maximum absolute atomic E-state index is 5.34. The average Bonchev–Trinajstić information content (AvgIpc) is 2.54. The van der Waals surface area contributed by atoms with Gasteiger partial charge < -0.3 is 20.3 Å². The van der Waals surface area contributed by atoms with Crippen LogP contribution in [-0.2, 0) is 17.8 Å². The fourth-order valence-corrected chi connectivity index (χ4v) is 2.30. The number of aliphatic imine (C=N–C) groups is 1. The van der Waals surface area contributed by atoms with Gasteiger partial charge in [-0.2, -0.15) is 0 Å². The van der Waals surface area contributed by atoms with E-state index in [9.17, 15) is 0 Å². The summed E-state index contributed by atoms with van der Waals surface area (Å²) in [5.74, 6) is 0.848. The molecule has 0 aliphatic carbocycles. The number of nitrogens with zero attached hydrogens (tertiary/aromatic N) is 2. The van der Waals surface area contributed by atoms with E-state index < -0.39 is 0 Å². The molecule has 1 rings (SSSR count). The van der Waals surface area contributed by atoms with E-state index in [-0.39, 0.29) is 0 Å². The Morgan fingerprint density at radius 2 is 1.87 bits per heavy atom. The summed E-state index contributed by atoms with van der Waals surface area (Å²) in [4.78, 5) is 6.47. The molecule has 23 heavy (non-hydrogen) atoms. The van der Waals surface area contributed by atoms with Gasteiger partial charge in [0, 0.05) is 39.9 Å². The molecule has 1 aromatic carbocycles. The van der Waals surface area contributed by atoms with Gasteiger partial charge in [-0.05, 0) is 45.0 Å². The highest BCUT2D eigenvalue weighted by Crippen LogP contribution is 2.10. The van der Waals surface area contributed by atoms with Crippen LogP contribution in [0, 0.1) is 0 Å². The van der Waals surface area contributed by atoms with Crippen molar-refractivity contribution in [2.45, 2.75) is 32.9 Å². The minimum atomic E-state index is 0.780. The van der Waals surface area contributed by atoms with Gasteiger partial charge in [0.15, 0.2) is 5.96 Å². The number of hydrogen-bond acceptors (Lipinski definition) is 3. The highest BCUT2D eigenvalue weighted by molar-refractivity contribution is 5.79. The molecule has 0 bridgehead atoms. The number of guanidine groups is 1. The molecule has 0 unspecified atom stereocenters. The minimum absolute atomic E-state index is 0.780. The molecule has 0 atom stereocenters. The molecule has 0 aliphatic heterocycles. The predicted molar refractivity (Wildman–Crippen MR) is 97.8 cm³/mol.